The molecule has 3 nitrogen and oxygen atoms in total. The van der Waals surface area contributed by atoms with Gasteiger partial charge in [0.05, 0.1) is 22.3 Å². The predicted molar refractivity (Wildman–Crippen MR) is 83.0 cm³/mol. The normalized spacial score (nSPS) is 17.6. The Labute approximate surface area is 131 Å². The fourth-order valence-corrected chi connectivity index (χ4v) is 3.53. The average Bonchev–Trinajstić information content (AvgIpc) is 2.82. The summed E-state index contributed by atoms with van der Waals surface area (Å²) in [6.45, 7) is 3.40. The standard InChI is InChI=1S/C14H14Cl2N2OS/c1-8-18-10(7-20-8)6-17-13-2-3-19-14-11(13)4-9(15)5-12(14)16/h4-5,7,13,17H,2-3,6H2,1H3. The van der Waals surface area contributed by atoms with E-state index in [1.165, 1.54) is 0 Å². The van der Waals surface area contributed by atoms with Gasteiger partial charge < -0.3 is 10.1 Å². The first-order valence-corrected chi connectivity index (χ1v) is 8.03. The second-order valence-electron chi connectivity index (χ2n) is 4.73. The van der Waals surface area contributed by atoms with Crippen LogP contribution in [-0.4, -0.2) is 11.6 Å². The van der Waals surface area contributed by atoms with Crippen LogP contribution in [0.25, 0.3) is 0 Å². The SMILES string of the molecule is Cc1nc(CNC2CCOc3c(Cl)cc(Cl)cc32)cs1. The van der Waals surface area contributed by atoms with Crippen LogP contribution in [0.3, 0.4) is 0 Å². The number of halogens is 2. The maximum atomic E-state index is 6.19. The van der Waals surface area contributed by atoms with Gasteiger partial charge in [0.2, 0.25) is 0 Å². The van der Waals surface area contributed by atoms with Crippen LogP contribution in [0.1, 0.15) is 28.7 Å². The van der Waals surface area contributed by atoms with Crippen molar-refractivity contribution in [2.45, 2.75) is 25.9 Å². The van der Waals surface area contributed by atoms with E-state index in [1.54, 1.807) is 17.4 Å². The van der Waals surface area contributed by atoms with Crippen LogP contribution in [0.4, 0.5) is 0 Å². The smallest absolute Gasteiger partial charge is 0.142 e. The molecule has 6 heteroatoms. The van der Waals surface area contributed by atoms with Gasteiger partial charge in [-0.3, -0.25) is 0 Å². The molecule has 1 atom stereocenters. The van der Waals surface area contributed by atoms with Gasteiger partial charge in [-0.25, -0.2) is 4.98 Å². The summed E-state index contributed by atoms with van der Waals surface area (Å²) < 4.78 is 5.65. The second kappa shape index (κ2) is 5.90. The molecule has 0 bridgehead atoms. The van der Waals surface area contributed by atoms with Crippen LogP contribution < -0.4 is 10.1 Å². The molecule has 2 aromatic rings. The number of nitrogens with zero attached hydrogens (tertiary/aromatic N) is 1. The third-order valence-corrected chi connectivity index (χ3v) is 4.58. The number of thiazole rings is 1. The zero-order valence-corrected chi connectivity index (χ0v) is 13.3. The predicted octanol–water partition coefficient (Wildman–Crippen LogP) is 4.37. The van der Waals surface area contributed by atoms with E-state index in [9.17, 15) is 0 Å². The summed E-state index contributed by atoms with van der Waals surface area (Å²) in [4.78, 5) is 4.46. The van der Waals surface area contributed by atoms with Crippen LogP contribution >= 0.6 is 34.5 Å². The molecular formula is C14H14Cl2N2OS. The summed E-state index contributed by atoms with van der Waals surface area (Å²) in [6, 6.07) is 3.83. The number of ether oxygens (including phenoxy) is 1. The number of nitrogens with one attached hydrogen (secondary N) is 1. The minimum atomic E-state index is 0.192. The van der Waals surface area contributed by atoms with Crippen LogP contribution in [-0.2, 0) is 6.54 Å². The Morgan fingerprint density at radius 1 is 1.45 bits per heavy atom. The minimum Gasteiger partial charge on any atom is -0.492 e. The Morgan fingerprint density at radius 2 is 2.30 bits per heavy atom. The first kappa shape index (κ1) is 14.1. The van der Waals surface area contributed by atoms with Crippen molar-refractivity contribution < 1.29 is 4.74 Å². The van der Waals surface area contributed by atoms with E-state index in [1.807, 2.05) is 13.0 Å². The van der Waals surface area contributed by atoms with E-state index in [4.69, 9.17) is 27.9 Å². The Bertz CT molecular complexity index is 630. The van der Waals surface area contributed by atoms with Crippen molar-refractivity contribution in [2.24, 2.45) is 0 Å². The van der Waals surface area contributed by atoms with Gasteiger partial charge in [-0.15, -0.1) is 11.3 Å². The highest BCUT2D eigenvalue weighted by Gasteiger charge is 2.24. The van der Waals surface area contributed by atoms with E-state index >= 15 is 0 Å². The molecule has 1 aliphatic heterocycles. The Balaban J connectivity index is 1.79. The molecule has 0 spiro atoms. The topological polar surface area (TPSA) is 34.2 Å². The molecule has 0 radical (unpaired) electrons. The zero-order valence-electron chi connectivity index (χ0n) is 11.0. The van der Waals surface area contributed by atoms with E-state index in [0.717, 1.165) is 35.0 Å². The maximum Gasteiger partial charge on any atom is 0.142 e. The van der Waals surface area contributed by atoms with Crippen molar-refractivity contribution in [3.05, 3.63) is 43.8 Å². The van der Waals surface area contributed by atoms with Crippen molar-refractivity contribution in [1.29, 1.82) is 0 Å². The molecule has 1 aromatic carbocycles. The highest BCUT2D eigenvalue weighted by Crippen LogP contribution is 2.40. The van der Waals surface area contributed by atoms with Gasteiger partial charge in [0.1, 0.15) is 5.75 Å². The van der Waals surface area contributed by atoms with Crippen molar-refractivity contribution in [2.75, 3.05) is 6.61 Å². The lowest BCUT2D eigenvalue weighted by Gasteiger charge is -2.27. The Kier molecular flexibility index (Phi) is 4.17. The van der Waals surface area contributed by atoms with Crippen molar-refractivity contribution >= 4 is 34.5 Å². The molecule has 0 saturated heterocycles. The fraction of sp³-hybridized carbons (Fsp3) is 0.357. The summed E-state index contributed by atoms with van der Waals surface area (Å²) in [5.41, 5.74) is 2.09. The lowest BCUT2D eigenvalue weighted by Crippen LogP contribution is -2.27. The first-order chi connectivity index (χ1) is 9.63. The molecule has 1 unspecified atom stereocenters. The molecule has 20 heavy (non-hydrogen) atoms. The molecule has 3 rings (SSSR count). The molecule has 0 amide bonds. The molecular weight excluding hydrogens is 315 g/mol. The molecule has 1 aromatic heterocycles. The largest absolute Gasteiger partial charge is 0.492 e. The number of benzene rings is 1. The highest BCUT2D eigenvalue weighted by atomic mass is 35.5. The average molecular weight is 329 g/mol. The number of aromatic nitrogens is 1. The van der Waals surface area contributed by atoms with Crippen molar-refractivity contribution in [3.63, 3.8) is 0 Å². The van der Waals surface area contributed by atoms with Crippen molar-refractivity contribution in [3.8, 4) is 5.75 Å². The van der Waals surface area contributed by atoms with Gasteiger partial charge in [-0.1, -0.05) is 23.2 Å². The molecule has 0 aliphatic carbocycles. The maximum absolute atomic E-state index is 6.19. The zero-order chi connectivity index (χ0) is 14.1. The van der Waals surface area contributed by atoms with E-state index in [0.29, 0.717) is 16.7 Å². The number of aryl methyl sites for hydroxylation is 1. The van der Waals surface area contributed by atoms with Crippen LogP contribution in [0.2, 0.25) is 10.0 Å². The van der Waals surface area contributed by atoms with Crippen LogP contribution in [0.15, 0.2) is 17.5 Å². The van der Waals surface area contributed by atoms with Gasteiger partial charge in [0.15, 0.2) is 0 Å². The summed E-state index contributed by atoms with van der Waals surface area (Å²) in [6.07, 6.45) is 0.896. The number of hydrogen-bond donors (Lipinski definition) is 1. The Morgan fingerprint density at radius 3 is 3.05 bits per heavy atom. The van der Waals surface area contributed by atoms with E-state index in [-0.39, 0.29) is 6.04 Å². The van der Waals surface area contributed by atoms with Crippen molar-refractivity contribution in [1.82, 2.24) is 10.3 Å². The second-order valence-corrected chi connectivity index (χ2v) is 6.64. The molecule has 0 saturated carbocycles. The van der Waals surface area contributed by atoms with Gasteiger partial charge in [0, 0.05) is 35.0 Å². The van der Waals surface area contributed by atoms with Crippen LogP contribution in [0.5, 0.6) is 5.75 Å². The summed E-state index contributed by atoms with van der Waals surface area (Å²) >= 11 is 13.9. The molecule has 1 N–H and O–H groups in total. The third kappa shape index (κ3) is 2.93. The highest BCUT2D eigenvalue weighted by molar-refractivity contribution is 7.09. The first-order valence-electron chi connectivity index (χ1n) is 6.39. The summed E-state index contributed by atoms with van der Waals surface area (Å²) in [5, 5.41) is 7.88. The molecule has 0 fully saturated rings. The molecule has 1 aliphatic rings. The number of rotatable bonds is 3. The van der Waals surface area contributed by atoms with Crippen LogP contribution in [0, 0.1) is 6.92 Å². The lowest BCUT2D eigenvalue weighted by molar-refractivity contribution is 0.252. The molecule has 106 valence electrons. The summed E-state index contributed by atoms with van der Waals surface area (Å²) in [5.74, 6) is 0.745. The van der Waals surface area contributed by atoms with Gasteiger partial charge >= 0.3 is 0 Å². The van der Waals surface area contributed by atoms with Gasteiger partial charge in [-0.05, 0) is 19.1 Å². The Hall–Kier alpha value is -0.810. The molecule has 2 heterocycles. The number of fused-ring (bicyclic) bond motifs is 1. The third-order valence-electron chi connectivity index (χ3n) is 3.26. The van der Waals surface area contributed by atoms with Gasteiger partial charge in [0.25, 0.3) is 0 Å². The van der Waals surface area contributed by atoms with E-state index < -0.39 is 0 Å². The minimum absolute atomic E-state index is 0.192. The van der Waals surface area contributed by atoms with E-state index in [2.05, 4.69) is 15.7 Å². The summed E-state index contributed by atoms with van der Waals surface area (Å²) in [7, 11) is 0. The monoisotopic (exact) mass is 328 g/mol. The van der Waals surface area contributed by atoms with Gasteiger partial charge in [-0.2, -0.15) is 0 Å². The quantitative estimate of drug-likeness (QED) is 0.908. The number of hydrogen-bond acceptors (Lipinski definition) is 4. The lowest BCUT2D eigenvalue weighted by atomic mass is 10.0. The fourth-order valence-electron chi connectivity index (χ4n) is 2.35.